The molecular weight excluding hydrogens is 269 g/mol. The van der Waals surface area contributed by atoms with Gasteiger partial charge in [0.2, 0.25) is 5.95 Å². The molecule has 0 radical (unpaired) electrons. The molecule has 0 aliphatic heterocycles. The Morgan fingerprint density at radius 1 is 1.25 bits per heavy atom. The van der Waals surface area contributed by atoms with E-state index in [0.717, 1.165) is 12.1 Å². The summed E-state index contributed by atoms with van der Waals surface area (Å²) >= 11 is 0. The van der Waals surface area contributed by atoms with Gasteiger partial charge in [0.05, 0.1) is 11.6 Å². The summed E-state index contributed by atoms with van der Waals surface area (Å²) in [6.45, 7) is 1.52. The minimum atomic E-state index is -0.906. The van der Waals surface area contributed by atoms with Crippen molar-refractivity contribution in [3.8, 4) is 0 Å². The zero-order chi connectivity index (χ0) is 14.7. The van der Waals surface area contributed by atoms with Crippen molar-refractivity contribution in [2.24, 2.45) is 0 Å². The Labute approximate surface area is 113 Å². The summed E-state index contributed by atoms with van der Waals surface area (Å²) in [4.78, 5) is 15.2. The molecule has 6 heteroatoms. The molecule has 20 heavy (non-hydrogen) atoms. The van der Waals surface area contributed by atoms with Gasteiger partial charge < -0.3 is 5.32 Å². The summed E-state index contributed by atoms with van der Waals surface area (Å²) in [6.07, 6.45) is 1.22. The van der Waals surface area contributed by atoms with Crippen molar-refractivity contribution in [2.75, 3.05) is 0 Å². The van der Waals surface area contributed by atoms with Gasteiger partial charge in [-0.1, -0.05) is 6.07 Å². The predicted molar refractivity (Wildman–Crippen MR) is 66.4 cm³/mol. The number of hydrogen-bond acceptors (Lipinski definition) is 2. The van der Waals surface area contributed by atoms with Crippen LogP contribution in [0.3, 0.4) is 0 Å². The third-order valence-corrected chi connectivity index (χ3v) is 2.78. The van der Waals surface area contributed by atoms with Crippen LogP contribution >= 0.6 is 0 Å². The summed E-state index contributed by atoms with van der Waals surface area (Å²) in [5.41, 5.74) is -0.120. The van der Waals surface area contributed by atoms with Gasteiger partial charge in [-0.05, 0) is 25.1 Å². The number of aromatic nitrogens is 1. The number of amides is 1. The summed E-state index contributed by atoms with van der Waals surface area (Å²) in [6, 6.07) is 5.00. The van der Waals surface area contributed by atoms with Crippen LogP contribution in [0.5, 0.6) is 0 Å². The molecule has 3 nitrogen and oxygen atoms in total. The SMILES string of the molecule is CC(NC(=O)c1cccnc1F)c1ccc(F)cc1F. The minimum Gasteiger partial charge on any atom is -0.345 e. The van der Waals surface area contributed by atoms with Crippen molar-refractivity contribution in [1.82, 2.24) is 10.3 Å². The van der Waals surface area contributed by atoms with E-state index in [1.807, 2.05) is 0 Å². The fourth-order valence-electron chi connectivity index (χ4n) is 1.76. The number of pyridine rings is 1. The van der Waals surface area contributed by atoms with E-state index in [2.05, 4.69) is 10.3 Å². The second-order valence-corrected chi connectivity index (χ2v) is 4.20. The third kappa shape index (κ3) is 2.96. The maximum Gasteiger partial charge on any atom is 0.256 e. The molecule has 2 aromatic rings. The minimum absolute atomic E-state index is 0.115. The van der Waals surface area contributed by atoms with Crippen LogP contribution in [-0.4, -0.2) is 10.9 Å². The Balaban J connectivity index is 2.17. The molecule has 1 amide bonds. The van der Waals surface area contributed by atoms with Crippen molar-refractivity contribution >= 4 is 5.91 Å². The first-order valence-corrected chi connectivity index (χ1v) is 5.85. The average Bonchev–Trinajstić information content (AvgIpc) is 2.38. The van der Waals surface area contributed by atoms with E-state index < -0.39 is 29.5 Å². The van der Waals surface area contributed by atoms with Gasteiger partial charge >= 0.3 is 0 Å². The van der Waals surface area contributed by atoms with Crippen molar-refractivity contribution in [3.63, 3.8) is 0 Å². The molecule has 2 rings (SSSR count). The zero-order valence-corrected chi connectivity index (χ0v) is 10.5. The Hall–Kier alpha value is -2.37. The van der Waals surface area contributed by atoms with Crippen LogP contribution in [0.25, 0.3) is 0 Å². The molecule has 0 aliphatic carbocycles. The van der Waals surface area contributed by atoms with Crippen LogP contribution in [0.1, 0.15) is 28.9 Å². The molecule has 0 saturated carbocycles. The second-order valence-electron chi connectivity index (χ2n) is 4.20. The van der Waals surface area contributed by atoms with Gasteiger partial charge in [0, 0.05) is 17.8 Å². The van der Waals surface area contributed by atoms with Gasteiger partial charge in [0.15, 0.2) is 0 Å². The molecule has 0 bridgehead atoms. The fraction of sp³-hybridized carbons (Fsp3) is 0.143. The van der Waals surface area contributed by atoms with Crippen LogP contribution in [0.4, 0.5) is 13.2 Å². The highest BCUT2D eigenvalue weighted by Crippen LogP contribution is 2.18. The van der Waals surface area contributed by atoms with Crippen molar-refractivity contribution in [2.45, 2.75) is 13.0 Å². The lowest BCUT2D eigenvalue weighted by molar-refractivity contribution is 0.0934. The molecule has 1 aromatic heterocycles. The maximum absolute atomic E-state index is 13.6. The standard InChI is InChI=1S/C14H11F3N2O/c1-8(10-5-4-9(15)7-12(10)16)19-14(20)11-3-2-6-18-13(11)17/h2-8H,1H3,(H,19,20). The first-order valence-electron chi connectivity index (χ1n) is 5.85. The smallest absolute Gasteiger partial charge is 0.256 e. The van der Waals surface area contributed by atoms with Crippen molar-refractivity contribution < 1.29 is 18.0 Å². The fourth-order valence-corrected chi connectivity index (χ4v) is 1.76. The van der Waals surface area contributed by atoms with Crippen LogP contribution in [0, 0.1) is 17.6 Å². The van der Waals surface area contributed by atoms with Crippen molar-refractivity contribution in [1.29, 1.82) is 0 Å². The van der Waals surface area contributed by atoms with Crippen LogP contribution < -0.4 is 5.32 Å². The van der Waals surface area contributed by atoms with Crippen LogP contribution in [-0.2, 0) is 0 Å². The molecule has 1 atom stereocenters. The number of carbonyl (C=O) groups is 1. The highest BCUT2D eigenvalue weighted by Gasteiger charge is 2.17. The Bertz CT molecular complexity index is 646. The Morgan fingerprint density at radius 3 is 2.65 bits per heavy atom. The summed E-state index contributed by atoms with van der Waals surface area (Å²) in [5.74, 6) is -3.10. The van der Waals surface area contributed by atoms with Gasteiger partial charge in [-0.3, -0.25) is 4.79 Å². The molecule has 0 fully saturated rings. The van der Waals surface area contributed by atoms with E-state index in [0.29, 0.717) is 0 Å². The number of benzene rings is 1. The number of nitrogens with zero attached hydrogens (tertiary/aromatic N) is 1. The van der Waals surface area contributed by atoms with E-state index >= 15 is 0 Å². The van der Waals surface area contributed by atoms with E-state index in [1.165, 1.54) is 31.3 Å². The quantitative estimate of drug-likeness (QED) is 0.878. The Morgan fingerprint density at radius 2 is 2.00 bits per heavy atom. The van der Waals surface area contributed by atoms with Gasteiger partial charge in [0.1, 0.15) is 11.6 Å². The normalized spacial score (nSPS) is 12.0. The highest BCUT2D eigenvalue weighted by molar-refractivity contribution is 5.94. The van der Waals surface area contributed by atoms with E-state index in [9.17, 15) is 18.0 Å². The van der Waals surface area contributed by atoms with Crippen LogP contribution in [0.2, 0.25) is 0 Å². The molecule has 1 unspecified atom stereocenters. The highest BCUT2D eigenvalue weighted by atomic mass is 19.1. The molecule has 104 valence electrons. The molecule has 1 heterocycles. The number of rotatable bonds is 3. The van der Waals surface area contributed by atoms with E-state index in [-0.39, 0.29) is 11.1 Å². The first-order chi connectivity index (χ1) is 9.49. The average molecular weight is 280 g/mol. The molecule has 0 spiro atoms. The number of carbonyl (C=O) groups excluding carboxylic acids is 1. The number of nitrogens with one attached hydrogen (secondary N) is 1. The summed E-state index contributed by atoms with van der Waals surface area (Å²) < 4.78 is 39.7. The molecular formula is C14H11F3N2O. The summed E-state index contributed by atoms with van der Waals surface area (Å²) in [7, 11) is 0. The number of hydrogen-bond donors (Lipinski definition) is 1. The molecule has 0 saturated heterocycles. The second kappa shape index (κ2) is 5.73. The van der Waals surface area contributed by atoms with Gasteiger partial charge in [-0.2, -0.15) is 4.39 Å². The molecule has 0 aliphatic rings. The predicted octanol–water partition coefficient (Wildman–Crippen LogP) is 2.99. The zero-order valence-electron chi connectivity index (χ0n) is 10.5. The maximum atomic E-state index is 13.6. The van der Waals surface area contributed by atoms with E-state index in [4.69, 9.17) is 0 Å². The van der Waals surface area contributed by atoms with Gasteiger partial charge in [-0.15, -0.1) is 0 Å². The number of halogens is 3. The first kappa shape index (κ1) is 14.0. The largest absolute Gasteiger partial charge is 0.345 e. The lowest BCUT2D eigenvalue weighted by atomic mass is 10.1. The third-order valence-electron chi connectivity index (χ3n) is 2.78. The molecule has 1 aromatic carbocycles. The van der Waals surface area contributed by atoms with Gasteiger partial charge in [-0.25, -0.2) is 13.8 Å². The van der Waals surface area contributed by atoms with E-state index in [1.54, 1.807) is 0 Å². The van der Waals surface area contributed by atoms with Crippen molar-refractivity contribution in [3.05, 3.63) is 65.2 Å². The monoisotopic (exact) mass is 280 g/mol. The lowest BCUT2D eigenvalue weighted by Crippen LogP contribution is -2.28. The lowest BCUT2D eigenvalue weighted by Gasteiger charge is -2.15. The molecule has 1 N–H and O–H groups in total. The van der Waals surface area contributed by atoms with Gasteiger partial charge in [0.25, 0.3) is 5.91 Å². The van der Waals surface area contributed by atoms with Crippen LogP contribution in [0.15, 0.2) is 36.5 Å². The topological polar surface area (TPSA) is 42.0 Å². The summed E-state index contributed by atoms with van der Waals surface area (Å²) in [5, 5.41) is 2.43. The Kier molecular flexibility index (Phi) is 4.02.